The first kappa shape index (κ1) is 18.5. The molecule has 0 amide bonds. The summed E-state index contributed by atoms with van der Waals surface area (Å²) in [6.07, 6.45) is 1.64. The Morgan fingerprint density at radius 2 is 1.83 bits per heavy atom. The van der Waals surface area contributed by atoms with E-state index in [1.807, 2.05) is 24.3 Å². The SMILES string of the molecule is COc1cccc(C(=O)n2[nH]c(=O)c(-c3cn(C(C)=O)c4ccccc34)c2C)c1. The molecule has 0 aliphatic carbocycles. The van der Waals surface area contributed by atoms with Gasteiger partial charge in [-0.3, -0.25) is 24.0 Å². The molecule has 7 heteroatoms. The number of carbonyl (C=O) groups excluding carboxylic acids is 2. The van der Waals surface area contributed by atoms with E-state index in [0.717, 1.165) is 5.39 Å². The predicted molar refractivity (Wildman–Crippen MR) is 110 cm³/mol. The molecule has 2 aromatic heterocycles. The van der Waals surface area contributed by atoms with Gasteiger partial charge in [0.2, 0.25) is 5.91 Å². The molecular weight excluding hydrogens is 370 g/mol. The monoisotopic (exact) mass is 389 g/mol. The van der Waals surface area contributed by atoms with Gasteiger partial charge in [0.25, 0.3) is 11.5 Å². The van der Waals surface area contributed by atoms with Gasteiger partial charge >= 0.3 is 0 Å². The molecule has 146 valence electrons. The van der Waals surface area contributed by atoms with Gasteiger partial charge in [-0.2, -0.15) is 0 Å². The minimum absolute atomic E-state index is 0.159. The quantitative estimate of drug-likeness (QED) is 0.581. The van der Waals surface area contributed by atoms with E-state index in [2.05, 4.69) is 5.10 Å². The molecule has 4 rings (SSSR count). The summed E-state index contributed by atoms with van der Waals surface area (Å²) in [6, 6.07) is 14.1. The fraction of sp³-hybridized carbons (Fsp3) is 0.136. The van der Waals surface area contributed by atoms with Crippen LogP contribution in [0, 0.1) is 6.92 Å². The summed E-state index contributed by atoms with van der Waals surface area (Å²) in [4.78, 5) is 37.8. The normalized spacial score (nSPS) is 11.0. The van der Waals surface area contributed by atoms with Crippen molar-refractivity contribution in [3.63, 3.8) is 0 Å². The van der Waals surface area contributed by atoms with Crippen molar-refractivity contribution >= 4 is 22.7 Å². The molecule has 0 saturated heterocycles. The molecule has 7 nitrogen and oxygen atoms in total. The van der Waals surface area contributed by atoms with Crippen molar-refractivity contribution in [2.24, 2.45) is 0 Å². The van der Waals surface area contributed by atoms with Gasteiger partial charge in [0.05, 0.1) is 23.9 Å². The molecular formula is C22H19N3O4. The smallest absolute Gasteiger partial charge is 0.276 e. The lowest BCUT2D eigenvalue weighted by atomic mass is 10.1. The Kier molecular flexibility index (Phi) is 4.43. The zero-order chi connectivity index (χ0) is 20.7. The molecule has 0 atom stereocenters. The van der Waals surface area contributed by atoms with Crippen molar-refractivity contribution in [1.29, 1.82) is 0 Å². The van der Waals surface area contributed by atoms with Crippen LogP contribution in [0.1, 0.15) is 27.8 Å². The number of carbonyl (C=O) groups is 2. The maximum absolute atomic E-state index is 13.0. The molecule has 0 radical (unpaired) electrons. The highest BCUT2D eigenvalue weighted by molar-refractivity contribution is 6.02. The first-order chi connectivity index (χ1) is 13.9. The van der Waals surface area contributed by atoms with Gasteiger partial charge in [0.1, 0.15) is 5.75 Å². The Labute approximate surface area is 166 Å². The molecule has 4 aromatic rings. The lowest BCUT2D eigenvalue weighted by molar-refractivity contribution is 0.0933. The van der Waals surface area contributed by atoms with Crippen LogP contribution in [0.3, 0.4) is 0 Å². The van der Waals surface area contributed by atoms with Crippen molar-refractivity contribution in [2.75, 3.05) is 7.11 Å². The highest BCUT2D eigenvalue weighted by atomic mass is 16.5. The molecule has 0 bridgehead atoms. The van der Waals surface area contributed by atoms with Crippen molar-refractivity contribution in [1.82, 2.24) is 14.3 Å². The van der Waals surface area contributed by atoms with Gasteiger partial charge in [-0.05, 0) is 31.2 Å². The zero-order valence-corrected chi connectivity index (χ0v) is 16.2. The largest absolute Gasteiger partial charge is 0.497 e. The number of fused-ring (bicyclic) bond motifs is 1. The average molecular weight is 389 g/mol. The van der Waals surface area contributed by atoms with Crippen molar-refractivity contribution in [3.8, 4) is 16.9 Å². The van der Waals surface area contributed by atoms with Crippen LogP contribution in [0.25, 0.3) is 22.0 Å². The van der Waals surface area contributed by atoms with Crippen LogP contribution in [0.4, 0.5) is 0 Å². The number of aromatic amines is 1. The summed E-state index contributed by atoms with van der Waals surface area (Å²) < 4.78 is 7.91. The van der Waals surface area contributed by atoms with Crippen LogP contribution in [0.2, 0.25) is 0 Å². The van der Waals surface area contributed by atoms with Gasteiger partial charge in [0, 0.05) is 29.6 Å². The first-order valence-electron chi connectivity index (χ1n) is 9.04. The summed E-state index contributed by atoms with van der Waals surface area (Å²) in [5.74, 6) is 0.0150. The number of aromatic nitrogens is 3. The standard InChI is InChI=1S/C22H19N3O4/c1-13-20(18-12-24(14(2)26)19-10-5-4-9-17(18)19)21(27)23-25(13)22(28)15-7-6-8-16(11-15)29-3/h4-12H,1-3H3,(H,23,27). The Hall–Kier alpha value is -3.87. The van der Waals surface area contributed by atoms with Crippen LogP contribution in [0.15, 0.2) is 59.5 Å². The second-order valence-electron chi connectivity index (χ2n) is 6.72. The van der Waals surface area contributed by atoms with E-state index in [1.54, 1.807) is 37.4 Å². The number of methoxy groups -OCH3 is 1. The number of ether oxygens (including phenoxy) is 1. The maximum Gasteiger partial charge on any atom is 0.276 e. The van der Waals surface area contributed by atoms with Crippen LogP contribution in [-0.2, 0) is 0 Å². The number of H-pyrrole nitrogens is 1. The van der Waals surface area contributed by atoms with Crippen LogP contribution >= 0.6 is 0 Å². The molecule has 0 fully saturated rings. The molecule has 0 spiro atoms. The summed E-state index contributed by atoms with van der Waals surface area (Å²) in [7, 11) is 1.52. The fourth-order valence-corrected chi connectivity index (χ4v) is 3.56. The number of hydrogen-bond acceptors (Lipinski definition) is 4. The molecule has 2 aromatic carbocycles. The molecule has 0 unspecified atom stereocenters. The topological polar surface area (TPSA) is 86.1 Å². The molecule has 29 heavy (non-hydrogen) atoms. The Morgan fingerprint density at radius 3 is 2.55 bits per heavy atom. The van der Waals surface area contributed by atoms with Crippen molar-refractivity contribution in [3.05, 3.63) is 76.3 Å². The summed E-state index contributed by atoms with van der Waals surface area (Å²) in [6.45, 7) is 3.16. The third-order valence-corrected chi connectivity index (χ3v) is 4.98. The summed E-state index contributed by atoms with van der Waals surface area (Å²) in [5.41, 5.74) is 2.13. The van der Waals surface area contributed by atoms with Gasteiger partial charge in [-0.1, -0.05) is 24.3 Å². The first-order valence-corrected chi connectivity index (χ1v) is 9.04. The minimum Gasteiger partial charge on any atom is -0.497 e. The van der Waals surface area contributed by atoms with E-state index in [9.17, 15) is 14.4 Å². The molecule has 2 heterocycles. The number of para-hydroxylation sites is 1. The maximum atomic E-state index is 13.0. The number of hydrogen-bond donors (Lipinski definition) is 1. The Morgan fingerprint density at radius 1 is 1.07 bits per heavy atom. The van der Waals surface area contributed by atoms with Crippen molar-refractivity contribution in [2.45, 2.75) is 13.8 Å². The molecule has 0 saturated carbocycles. The van der Waals surface area contributed by atoms with Crippen LogP contribution in [-0.4, -0.2) is 33.3 Å². The van der Waals surface area contributed by atoms with Gasteiger partial charge in [-0.15, -0.1) is 0 Å². The zero-order valence-electron chi connectivity index (χ0n) is 16.2. The fourth-order valence-electron chi connectivity index (χ4n) is 3.56. The van der Waals surface area contributed by atoms with Crippen LogP contribution < -0.4 is 10.3 Å². The Bertz CT molecular complexity index is 1320. The molecule has 1 N–H and O–H groups in total. The van der Waals surface area contributed by atoms with Crippen molar-refractivity contribution < 1.29 is 14.3 Å². The highest BCUT2D eigenvalue weighted by Crippen LogP contribution is 2.31. The summed E-state index contributed by atoms with van der Waals surface area (Å²) in [5, 5.41) is 3.39. The number of rotatable bonds is 3. The van der Waals surface area contributed by atoms with Gasteiger partial charge in [0.15, 0.2) is 0 Å². The third-order valence-electron chi connectivity index (χ3n) is 4.98. The summed E-state index contributed by atoms with van der Waals surface area (Å²) >= 11 is 0. The lowest BCUT2D eigenvalue weighted by Crippen LogP contribution is -2.17. The van der Waals surface area contributed by atoms with Gasteiger partial charge < -0.3 is 4.74 Å². The average Bonchev–Trinajstić information content (AvgIpc) is 3.24. The van der Waals surface area contributed by atoms with E-state index in [4.69, 9.17) is 4.74 Å². The number of nitrogens with one attached hydrogen (secondary N) is 1. The van der Waals surface area contributed by atoms with Crippen LogP contribution in [0.5, 0.6) is 5.75 Å². The Balaban J connectivity index is 1.89. The molecule has 0 aliphatic heterocycles. The number of benzene rings is 2. The van der Waals surface area contributed by atoms with Gasteiger partial charge in [-0.25, -0.2) is 4.68 Å². The second kappa shape index (κ2) is 6.94. The van der Waals surface area contributed by atoms with E-state index >= 15 is 0 Å². The van der Waals surface area contributed by atoms with E-state index in [-0.39, 0.29) is 11.8 Å². The van der Waals surface area contributed by atoms with E-state index in [0.29, 0.717) is 33.7 Å². The number of nitrogens with zero attached hydrogens (tertiary/aromatic N) is 2. The minimum atomic E-state index is -0.398. The third kappa shape index (κ3) is 2.97. The van der Waals surface area contributed by atoms with E-state index < -0.39 is 5.56 Å². The molecule has 0 aliphatic rings. The van der Waals surface area contributed by atoms with E-state index in [1.165, 1.54) is 23.3 Å². The lowest BCUT2D eigenvalue weighted by Gasteiger charge is -2.06. The second-order valence-corrected chi connectivity index (χ2v) is 6.72. The predicted octanol–water partition coefficient (Wildman–Crippen LogP) is 3.46. The highest BCUT2D eigenvalue weighted by Gasteiger charge is 2.22.